The van der Waals surface area contributed by atoms with Gasteiger partial charge in [0.25, 0.3) is 5.89 Å². The molecule has 0 bridgehead atoms. The molecule has 1 aliphatic rings. The van der Waals surface area contributed by atoms with Crippen LogP contribution in [0.4, 0.5) is 0 Å². The van der Waals surface area contributed by atoms with E-state index >= 15 is 0 Å². The van der Waals surface area contributed by atoms with E-state index < -0.39 is 0 Å². The maximum Gasteiger partial charge on any atom is 0.258 e. The van der Waals surface area contributed by atoms with Crippen LogP contribution in [0.25, 0.3) is 16.3 Å². The smallest absolute Gasteiger partial charge is 0.258 e. The molecule has 0 radical (unpaired) electrons. The number of benzene rings is 1. The van der Waals surface area contributed by atoms with Crippen molar-refractivity contribution in [3.05, 3.63) is 75.3 Å². The quantitative estimate of drug-likeness (QED) is 0.342. The van der Waals surface area contributed by atoms with Gasteiger partial charge in [-0.3, -0.25) is 0 Å². The van der Waals surface area contributed by atoms with E-state index in [4.69, 9.17) is 26.5 Å². The lowest BCUT2D eigenvalue weighted by molar-refractivity contribution is 0.372. The van der Waals surface area contributed by atoms with Crippen molar-refractivity contribution in [2.75, 3.05) is 7.11 Å². The molecule has 1 atom stereocenters. The highest BCUT2D eigenvalue weighted by atomic mass is 32.1. The van der Waals surface area contributed by atoms with Crippen molar-refractivity contribution in [3.8, 4) is 22.2 Å². The van der Waals surface area contributed by atoms with E-state index in [-0.39, 0.29) is 11.8 Å². The van der Waals surface area contributed by atoms with Crippen LogP contribution in [0.5, 0.6) is 11.5 Å². The van der Waals surface area contributed by atoms with Gasteiger partial charge in [0.2, 0.25) is 5.82 Å². The fourth-order valence-corrected chi connectivity index (χ4v) is 5.44. The van der Waals surface area contributed by atoms with E-state index in [1.807, 2.05) is 46.8 Å². The van der Waals surface area contributed by atoms with Gasteiger partial charge in [0.05, 0.1) is 30.1 Å². The fourth-order valence-electron chi connectivity index (χ4n) is 3.78. The number of nitrogens with one attached hydrogen (secondary N) is 1. The number of phenolic OH excluding ortho intramolecular Hbond substituents is 1. The van der Waals surface area contributed by atoms with Crippen molar-refractivity contribution in [1.82, 2.24) is 20.4 Å². The zero-order chi connectivity index (χ0) is 22.9. The number of thiophene rings is 2. The van der Waals surface area contributed by atoms with Crippen LogP contribution >= 0.6 is 34.9 Å². The Morgan fingerprint density at radius 2 is 2.03 bits per heavy atom. The van der Waals surface area contributed by atoms with Crippen molar-refractivity contribution >= 4 is 45.6 Å². The second kappa shape index (κ2) is 8.97. The van der Waals surface area contributed by atoms with Crippen LogP contribution in [0.1, 0.15) is 29.3 Å². The predicted molar refractivity (Wildman–Crippen MR) is 133 cm³/mol. The largest absolute Gasteiger partial charge is 0.504 e. The zero-order valence-electron chi connectivity index (χ0n) is 17.8. The molecule has 4 aromatic rings. The highest BCUT2D eigenvalue weighted by Crippen LogP contribution is 2.40. The van der Waals surface area contributed by atoms with Gasteiger partial charge in [-0.15, -0.1) is 22.7 Å². The van der Waals surface area contributed by atoms with Crippen LogP contribution in [0, 0.1) is 0 Å². The van der Waals surface area contributed by atoms with E-state index in [1.165, 1.54) is 12.0 Å². The highest BCUT2D eigenvalue weighted by Gasteiger charge is 2.34. The highest BCUT2D eigenvalue weighted by molar-refractivity contribution is 7.80. The van der Waals surface area contributed by atoms with Gasteiger partial charge in [0.15, 0.2) is 16.6 Å². The number of thiocarbonyl (C=S) groups is 1. The van der Waals surface area contributed by atoms with Gasteiger partial charge in [-0.1, -0.05) is 23.4 Å². The normalized spacial score (nSPS) is 16.2. The molecule has 0 saturated carbocycles. The Morgan fingerprint density at radius 1 is 1.21 bits per heavy atom. The number of hydrogen-bond donors (Lipinski definition) is 2. The molecule has 168 valence electrons. The van der Waals surface area contributed by atoms with E-state index in [1.54, 1.807) is 34.8 Å². The van der Waals surface area contributed by atoms with Gasteiger partial charge in [0, 0.05) is 10.6 Å². The molecule has 7 nitrogen and oxygen atoms in total. The molecule has 0 saturated heterocycles. The number of nitrogens with zero attached hydrogens (tertiary/aromatic N) is 3. The lowest BCUT2D eigenvalue weighted by Gasteiger charge is -2.37. The van der Waals surface area contributed by atoms with Crippen molar-refractivity contribution in [3.63, 3.8) is 0 Å². The summed E-state index contributed by atoms with van der Waals surface area (Å²) in [5.74, 6) is 1.39. The molecule has 0 aliphatic carbocycles. The Balaban J connectivity index is 1.61. The van der Waals surface area contributed by atoms with Crippen LogP contribution in [-0.4, -0.2) is 32.4 Å². The predicted octanol–water partition coefficient (Wildman–Crippen LogP) is 5.44. The maximum absolute atomic E-state index is 10.4. The summed E-state index contributed by atoms with van der Waals surface area (Å²) in [6.45, 7) is 2.63. The van der Waals surface area contributed by atoms with Crippen LogP contribution in [0.3, 0.4) is 0 Å². The molecule has 0 fully saturated rings. The minimum atomic E-state index is -0.384. The van der Waals surface area contributed by atoms with Gasteiger partial charge in [-0.25, -0.2) is 0 Å². The van der Waals surface area contributed by atoms with Gasteiger partial charge in [-0.2, -0.15) is 4.98 Å². The Bertz CT molecular complexity index is 1310. The SMILES string of the molecule is COc1ccc(C2NC(=S)N(Cc3cccs3)C(C)=C2c2nc(-c3cccs3)no2)cc1O. The number of ether oxygens (including phenoxy) is 1. The third-order valence-corrected chi connectivity index (χ3v) is 7.49. The van der Waals surface area contributed by atoms with Crippen molar-refractivity contribution in [2.24, 2.45) is 0 Å². The summed E-state index contributed by atoms with van der Waals surface area (Å²) in [7, 11) is 1.52. The van der Waals surface area contributed by atoms with Gasteiger partial charge >= 0.3 is 0 Å². The van der Waals surface area contributed by atoms with E-state index in [9.17, 15) is 5.11 Å². The van der Waals surface area contributed by atoms with Crippen molar-refractivity contribution in [1.29, 1.82) is 0 Å². The van der Waals surface area contributed by atoms with Crippen LogP contribution in [0.2, 0.25) is 0 Å². The molecule has 10 heteroatoms. The molecule has 1 aromatic carbocycles. The number of hydrogen-bond acceptors (Lipinski definition) is 8. The molecular weight excluding hydrogens is 476 g/mol. The second-order valence-electron chi connectivity index (χ2n) is 7.38. The Hall–Kier alpha value is -3.21. The van der Waals surface area contributed by atoms with Crippen LogP contribution < -0.4 is 10.1 Å². The third-order valence-electron chi connectivity index (χ3n) is 5.42. The zero-order valence-corrected chi connectivity index (χ0v) is 20.3. The molecular formula is C23H20N4O3S3. The maximum atomic E-state index is 10.4. The first kappa shape index (κ1) is 21.6. The Labute approximate surface area is 204 Å². The molecule has 2 N–H and O–H groups in total. The monoisotopic (exact) mass is 496 g/mol. The van der Waals surface area contributed by atoms with E-state index in [2.05, 4.69) is 16.5 Å². The molecule has 0 amide bonds. The molecule has 4 heterocycles. The lowest BCUT2D eigenvalue weighted by atomic mass is 9.94. The van der Waals surface area contributed by atoms with Crippen LogP contribution in [0.15, 0.2) is 63.4 Å². The number of rotatable bonds is 6. The first-order chi connectivity index (χ1) is 16.0. The number of aromatic hydroxyl groups is 1. The molecule has 0 spiro atoms. The van der Waals surface area contributed by atoms with Gasteiger partial charge in [0.1, 0.15) is 0 Å². The number of phenols is 1. The summed E-state index contributed by atoms with van der Waals surface area (Å²) in [5, 5.41) is 22.6. The lowest BCUT2D eigenvalue weighted by Crippen LogP contribution is -2.45. The van der Waals surface area contributed by atoms with E-state index in [0.29, 0.717) is 29.1 Å². The number of aromatic nitrogens is 2. The summed E-state index contributed by atoms with van der Waals surface area (Å²) < 4.78 is 10.9. The third kappa shape index (κ3) is 4.12. The minimum Gasteiger partial charge on any atom is -0.504 e. The van der Waals surface area contributed by atoms with Crippen molar-refractivity contribution in [2.45, 2.75) is 19.5 Å². The van der Waals surface area contributed by atoms with Crippen molar-refractivity contribution < 1.29 is 14.4 Å². The molecule has 1 aliphatic heterocycles. The second-order valence-corrected chi connectivity index (χ2v) is 9.75. The standard InChI is InChI=1S/C23H20N4O3S3/c1-13-19(22-25-21(26-30-22)18-6-4-10-33-18)20(14-7-8-17(29-2)16(28)11-14)24-23(31)27(13)12-15-5-3-9-32-15/h3-11,20,28H,12H2,1-2H3,(H,24,31). The molecule has 1 unspecified atom stereocenters. The summed E-state index contributed by atoms with van der Waals surface area (Å²) >= 11 is 8.97. The topological polar surface area (TPSA) is 83.7 Å². The first-order valence-corrected chi connectivity index (χ1v) is 12.3. The molecule has 33 heavy (non-hydrogen) atoms. The van der Waals surface area contributed by atoms with Crippen LogP contribution in [-0.2, 0) is 6.54 Å². The summed E-state index contributed by atoms with van der Waals surface area (Å²) in [6, 6.07) is 12.9. The van der Waals surface area contributed by atoms with Gasteiger partial charge in [-0.05, 0) is 59.7 Å². The first-order valence-electron chi connectivity index (χ1n) is 10.1. The minimum absolute atomic E-state index is 0.0468. The Morgan fingerprint density at radius 3 is 2.73 bits per heavy atom. The summed E-state index contributed by atoms with van der Waals surface area (Å²) in [4.78, 5) is 8.84. The number of methoxy groups -OCH3 is 1. The summed E-state index contributed by atoms with van der Waals surface area (Å²) in [5.41, 5.74) is 2.52. The molecule has 3 aromatic heterocycles. The Kier molecular flexibility index (Phi) is 5.88. The fraction of sp³-hybridized carbons (Fsp3) is 0.174. The summed E-state index contributed by atoms with van der Waals surface area (Å²) in [6.07, 6.45) is 0. The van der Waals surface area contributed by atoms with E-state index in [0.717, 1.165) is 21.7 Å². The average molecular weight is 497 g/mol. The number of allylic oxidation sites excluding steroid dienone is 1. The molecule has 5 rings (SSSR count). The van der Waals surface area contributed by atoms with Gasteiger partial charge < -0.3 is 24.6 Å². The average Bonchev–Trinajstić information content (AvgIpc) is 3.58.